The summed E-state index contributed by atoms with van der Waals surface area (Å²) in [5, 5.41) is 12.4. The zero-order valence-corrected chi connectivity index (χ0v) is 12.7. The van der Waals surface area contributed by atoms with Crippen LogP contribution in [0.3, 0.4) is 0 Å². The van der Waals surface area contributed by atoms with Gasteiger partial charge < -0.3 is 14.7 Å². The number of benzene rings is 2. The molecule has 0 aromatic heterocycles. The second-order valence-electron chi connectivity index (χ2n) is 5.35. The van der Waals surface area contributed by atoms with Crippen LogP contribution in [-0.4, -0.2) is 25.6 Å². The lowest BCUT2D eigenvalue weighted by Crippen LogP contribution is -2.06. The van der Waals surface area contributed by atoms with E-state index in [-0.39, 0.29) is 5.92 Å². The molecule has 22 heavy (non-hydrogen) atoms. The molecule has 0 spiro atoms. The van der Waals surface area contributed by atoms with Crippen molar-refractivity contribution < 1.29 is 14.7 Å². The van der Waals surface area contributed by atoms with E-state index in [1.807, 2.05) is 24.3 Å². The molecule has 0 fully saturated rings. The average Bonchev–Trinajstić information content (AvgIpc) is 2.71. The monoisotopic (exact) mass is 297 g/mol. The van der Waals surface area contributed by atoms with Gasteiger partial charge in [0, 0.05) is 5.92 Å². The summed E-state index contributed by atoms with van der Waals surface area (Å²) in [6.07, 6.45) is 3.45. The van der Waals surface area contributed by atoms with Crippen molar-refractivity contribution in [1.29, 1.82) is 0 Å². The third-order valence-electron chi connectivity index (χ3n) is 4.25. The molecular formula is C18H19NO3. The van der Waals surface area contributed by atoms with Gasteiger partial charge in [-0.2, -0.15) is 0 Å². The number of nitrogens with zero attached hydrogens (tertiary/aromatic N) is 1. The van der Waals surface area contributed by atoms with Gasteiger partial charge in [-0.3, -0.25) is 0 Å². The van der Waals surface area contributed by atoms with Crippen LogP contribution in [0.5, 0.6) is 11.5 Å². The second kappa shape index (κ2) is 6.10. The topological polar surface area (TPSA) is 51.0 Å². The summed E-state index contributed by atoms with van der Waals surface area (Å²) < 4.78 is 10.8. The van der Waals surface area contributed by atoms with Crippen molar-refractivity contribution in [2.45, 2.75) is 18.8 Å². The number of methoxy groups -OCH3 is 2. The summed E-state index contributed by atoms with van der Waals surface area (Å²) in [7, 11) is 3.27. The Labute approximate surface area is 130 Å². The SMILES string of the molecule is COc1cc2c(cc1OC)C(C=NO)c1ccccc1CC2. The van der Waals surface area contributed by atoms with Gasteiger partial charge in [0.25, 0.3) is 0 Å². The number of oxime groups is 1. The standard InChI is InChI=1S/C18H19NO3/c1-21-17-9-13-8-7-12-5-3-4-6-14(12)16(11-19-20)15(13)10-18(17)22-2/h3-6,9-11,16,20H,7-8H2,1-2H3. The Balaban J connectivity index is 2.21. The zero-order chi connectivity index (χ0) is 15.5. The Morgan fingerprint density at radius 1 is 1.00 bits per heavy atom. The van der Waals surface area contributed by atoms with Crippen molar-refractivity contribution in [3.63, 3.8) is 0 Å². The highest BCUT2D eigenvalue weighted by Gasteiger charge is 2.24. The Hall–Kier alpha value is -2.49. The molecule has 0 radical (unpaired) electrons. The summed E-state index contributed by atoms with van der Waals surface area (Å²) in [5.41, 5.74) is 4.74. The third kappa shape index (κ3) is 2.41. The molecule has 1 unspecified atom stereocenters. The lowest BCUT2D eigenvalue weighted by molar-refractivity contribution is 0.320. The lowest BCUT2D eigenvalue weighted by Gasteiger charge is -2.18. The maximum atomic E-state index is 9.10. The Morgan fingerprint density at radius 3 is 2.41 bits per heavy atom. The molecule has 1 atom stereocenters. The van der Waals surface area contributed by atoms with Gasteiger partial charge in [-0.1, -0.05) is 24.3 Å². The van der Waals surface area contributed by atoms with E-state index in [1.165, 1.54) is 16.7 Å². The van der Waals surface area contributed by atoms with Gasteiger partial charge in [0.2, 0.25) is 0 Å². The summed E-state index contributed by atoms with van der Waals surface area (Å²) >= 11 is 0. The minimum absolute atomic E-state index is 0.0847. The van der Waals surface area contributed by atoms with Gasteiger partial charge in [0.05, 0.1) is 20.4 Å². The van der Waals surface area contributed by atoms with Crippen LogP contribution in [0.4, 0.5) is 0 Å². The van der Waals surface area contributed by atoms with Crippen LogP contribution in [0, 0.1) is 0 Å². The van der Waals surface area contributed by atoms with E-state index in [9.17, 15) is 0 Å². The zero-order valence-electron chi connectivity index (χ0n) is 12.7. The fourth-order valence-corrected chi connectivity index (χ4v) is 3.17. The molecule has 2 aromatic rings. The fraction of sp³-hybridized carbons (Fsp3) is 0.278. The van der Waals surface area contributed by atoms with Gasteiger partial charge in [0.15, 0.2) is 11.5 Å². The normalized spacial score (nSPS) is 16.7. The van der Waals surface area contributed by atoms with Crippen LogP contribution in [0.25, 0.3) is 0 Å². The van der Waals surface area contributed by atoms with Crippen LogP contribution in [0.1, 0.15) is 28.2 Å². The number of aryl methyl sites for hydroxylation is 2. The highest BCUT2D eigenvalue weighted by Crippen LogP contribution is 2.39. The predicted octanol–water partition coefficient (Wildman–Crippen LogP) is 3.39. The first-order valence-electron chi connectivity index (χ1n) is 7.28. The minimum Gasteiger partial charge on any atom is -0.493 e. The van der Waals surface area contributed by atoms with Crippen LogP contribution in [0.15, 0.2) is 41.6 Å². The van der Waals surface area contributed by atoms with Crippen molar-refractivity contribution in [3.05, 3.63) is 58.7 Å². The van der Waals surface area contributed by atoms with Crippen LogP contribution in [0.2, 0.25) is 0 Å². The van der Waals surface area contributed by atoms with Gasteiger partial charge in [-0.15, -0.1) is 5.16 Å². The van der Waals surface area contributed by atoms with E-state index >= 15 is 0 Å². The summed E-state index contributed by atoms with van der Waals surface area (Å²) in [6.45, 7) is 0. The first kappa shape index (κ1) is 14.4. The quantitative estimate of drug-likeness (QED) is 0.537. The van der Waals surface area contributed by atoms with Crippen molar-refractivity contribution in [2.75, 3.05) is 14.2 Å². The maximum Gasteiger partial charge on any atom is 0.161 e. The maximum absolute atomic E-state index is 9.10. The minimum atomic E-state index is -0.0847. The van der Waals surface area contributed by atoms with E-state index in [4.69, 9.17) is 14.7 Å². The molecule has 2 aromatic carbocycles. The van der Waals surface area contributed by atoms with Crippen LogP contribution in [-0.2, 0) is 12.8 Å². The number of ether oxygens (including phenoxy) is 2. The van der Waals surface area contributed by atoms with Crippen molar-refractivity contribution in [1.82, 2.24) is 0 Å². The molecule has 0 heterocycles. The smallest absolute Gasteiger partial charge is 0.161 e. The van der Waals surface area contributed by atoms with Crippen molar-refractivity contribution >= 4 is 6.21 Å². The molecule has 1 aliphatic carbocycles. The van der Waals surface area contributed by atoms with Crippen LogP contribution >= 0.6 is 0 Å². The van der Waals surface area contributed by atoms with Gasteiger partial charge in [0.1, 0.15) is 0 Å². The molecule has 0 bridgehead atoms. The number of hydrogen-bond acceptors (Lipinski definition) is 4. The first-order valence-corrected chi connectivity index (χ1v) is 7.28. The fourth-order valence-electron chi connectivity index (χ4n) is 3.17. The Morgan fingerprint density at radius 2 is 1.68 bits per heavy atom. The summed E-state index contributed by atoms with van der Waals surface area (Å²) in [4.78, 5) is 0. The molecule has 0 saturated carbocycles. The number of fused-ring (bicyclic) bond motifs is 2. The first-order chi connectivity index (χ1) is 10.8. The molecule has 3 rings (SSSR count). The van der Waals surface area contributed by atoms with E-state index in [1.54, 1.807) is 20.4 Å². The molecule has 4 heteroatoms. The van der Waals surface area contributed by atoms with Gasteiger partial charge in [-0.05, 0) is 47.2 Å². The van der Waals surface area contributed by atoms with Gasteiger partial charge >= 0.3 is 0 Å². The Kier molecular flexibility index (Phi) is 4.00. The summed E-state index contributed by atoms with van der Waals surface area (Å²) in [6, 6.07) is 12.3. The molecule has 4 nitrogen and oxygen atoms in total. The molecular weight excluding hydrogens is 278 g/mol. The van der Waals surface area contributed by atoms with E-state index in [2.05, 4.69) is 17.3 Å². The van der Waals surface area contributed by atoms with Crippen LogP contribution < -0.4 is 9.47 Å². The highest BCUT2D eigenvalue weighted by molar-refractivity contribution is 5.75. The molecule has 1 aliphatic rings. The number of rotatable bonds is 3. The van der Waals surface area contributed by atoms with E-state index in [0.717, 1.165) is 24.2 Å². The molecule has 1 N–H and O–H groups in total. The molecule has 0 saturated heterocycles. The number of hydrogen-bond donors (Lipinski definition) is 1. The van der Waals surface area contributed by atoms with E-state index < -0.39 is 0 Å². The molecule has 0 amide bonds. The third-order valence-corrected chi connectivity index (χ3v) is 4.25. The van der Waals surface area contributed by atoms with Gasteiger partial charge in [-0.25, -0.2) is 0 Å². The Bertz CT molecular complexity index is 709. The summed E-state index contributed by atoms with van der Waals surface area (Å²) in [5.74, 6) is 1.34. The molecule has 0 aliphatic heterocycles. The van der Waals surface area contributed by atoms with E-state index in [0.29, 0.717) is 5.75 Å². The van der Waals surface area contributed by atoms with Crippen molar-refractivity contribution in [2.24, 2.45) is 5.16 Å². The largest absolute Gasteiger partial charge is 0.493 e. The second-order valence-corrected chi connectivity index (χ2v) is 5.35. The average molecular weight is 297 g/mol. The molecule has 114 valence electrons. The highest BCUT2D eigenvalue weighted by atomic mass is 16.5. The lowest BCUT2D eigenvalue weighted by atomic mass is 9.89. The van der Waals surface area contributed by atoms with Crippen molar-refractivity contribution in [3.8, 4) is 11.5 Å². The predicted molar refractivity (Wildman–Crippen MR) is 85.5 cm³/mol.